The highest BCUT2D eigenvalue weighted by Crippen LogP contribution is 2.19. The summed E-state index contributed by atoms with van der Waals surface area (Å²) in [6.07, 6.45) is 0.960. The molecule has 1 atom stereocenters. The third-order valence-corrected chi connectivity index (χ3v) is 4.18. The SMILES string of the molecule is CCN(C(=O)NC1CCSC1)C(C)(C)C(=O)O. The smallest absolute Gasteiger partial charge is 0.329 e. The van der Waals surface area contributed by atoms with Crippen molar-refractivity contribution < 1.29 is 14.7 Å². The molecule has 6 heteroatoms. The Balaban J connectivity index is 2.66. The molecule has 1 fully saturated rings. The van der Waals surface area contributed by atoms with E-state index >= 15 is 0 Å². The topological polar surface area (TPSA) is 69.6 Å². The van der Waals surface area contributed by atoms with Gasteiger partial charge in [0, 0.05) is 18.3 Å². The molecular formula is C11H20N2O3S. The van der Waals surface area contributed by atoms with E-state index < -0.39 is 11.5 Å². The zero-order chi connectivity index (χ0) is 13.1. The first-order valence-corrected chi connectivity index (χ1v) is 6.94. The molecule has 5 nitrogen and oxygen atoms in total. The molecule has 0 aromatic heterocycles. The molecule has 2 amide bonds. The molecule has 1 aliphatic rings. The first-order chi connectivity index (χ1) is 7.89. The van der Waals surface area contributed by atoms with Gasteiger partial charge in [-0.1, -0.05) is 0 Å². The van der Waals surface area contributed by atoms with Gasteiger partial charge in [-0.3, -0.25) is 0 Å². The number of likely N-dealkylation sites (N-methyl/N-ethyl adjacent to an activating group) is 1. The van der Waals surface area contributed by atoms with E-state index in [-0.39, 0.29) is 12.1 Å². The molecule has 1 saturated heterocycles. The summed E-state index contributed by atoms with van der Waals surface area (Å²) in [6, 6.07) is -0.112. The van der Waals surface area contributed by atoms with Crippen molar-refractivity contribution in [3.8, 4) is 0 Å². The normalized spacial score (nSPS) is 20.1. The van der Waals surface area contributed by atoms with Gasteiger partial charge in [-0.05, 0) is 32.9 Å². The molecule has 0 bridgehead atoms. The fourth-order valence-electron chi connectivity index (χ4n) is 1.81. The van der Waals surface area contributed by atoms with Gasteiger partial charge < -0.3 is 15.3 Å². The lowest BCUT2D eigenvalue weighted by molar-refractivity contribution is -0.147. The molecule has 1 unspecified atom stereocenters. The van der Waals surface area contributed by atoms with Crippen molar-refractivity contribution in [3.05, 3.63) is 0 Å². The number of aliphatic carboxylic acids is 1. The lowest BCUT2D eigenvalue weighted by atomic mass is 10.0. The van der Waals surface area contributed by atoms with Gasteiger partial charge in [0.1, 0.15) is 5.54 Å². The third kappa shape index (κ3) is 3.28. The number of thioether (sulfide) groups is 1. The van der Waals surface area contributed by atoms with Crippen molar-refractivity contribution in [1.29, 1.82) is 0 Å². The van der Waals surface area contributed by atoms with E-state index in [9.17, 15) is 9.59 Å². The first-order valence-electron chi connectivity index (χ1n) is 5.78. The van der Waals surface area contributed by atoms with Crippen molar-refractivity contribution in [3.63, 3.8) is 0 Å². The summed E-state index contributed by atoms with van der Waals surface area (Å²) in [5.41, 5.74) is -1.18. The van der Waals surface area contributed by atoms with Gasteiger partial charge in [0.15, 0.2) is 0 Å². The van der Waals surface area contributed by atoms with Gasteiger partial charge in [-0.15, -0.1) is 0 Å². The zero-order valence-corrected chi connectivity index (χ0v) is 11.3. The predicted molar refractivity (Wildman–Crippen MR) is 68.4 cm³/mol. The van der Waals surface area contributed by atoms with E-state index in [0.717, 1.165) is 17.9 Å². The lowest BCUT2D eigenvalue weighted by Crippen LogP contribution is -2.57. The van der Waals surface area contributed by atoms with Crippen LogP contribution in [0.25, 0.3) is 0 Å². The minimum Gasteiger partial charge on any atom is -0.480 e. The minimum absolute atomic E-state index is 0.172. The molecule has 1 aliphatic heterocycles. The van der Waals surface area contributed by atoms with Crippen molar-refractivity contribution in [2.75, 3.05) is 18.1 Å². The Morgan fingerprint density at radius 1 is 1.53 bits per heavy atom. The molecule has 0 saturated carbocycles. The molecular weight excluding hydrogens is 240 g/mol. The van der Waals surface area contributed by atoms with Crippen molar-refractivity contribution >= 4 is 23.8 Å². The molecule has 0 spiro atoms. The Bertz CT molecular complexity index is 301. The number of hydrogen-bond donors (Lipinski definition) is 2. The maximum Gasteiger partial charge on any atom is 0.329 e. The molecule has 17 heavy (non-hydrogen) atoms. The number of carboxylic acid groups (broad SMARTS) is 1. The average Bonchev–Trinajstić information content (AvgIpc) is 2.70. The largest absolute Gasteiger partial charge is 0.480 e. The number of nitrogens with zero attached hydrogens (tertiary/aromatic N) is 1. The fourth-order valence-corrected chi connectivity index (χ4v) is 2.96. The number of carbonyl (C=O) groups excluding carboxylic acids is 1. The summed E-state index contributed by atoms with van der Waals surface area (Å²) in [5.74, 6) is 0.978. The molecule has 0 radical (unpaired) electrons. The van der Waals surface area contributed by atoms with E-state index in [1.54, 1.807) is 20.8 Å². The van der Waals surface area contributed by atoms with Crippen LogP contribution >= 0.6 is 11.8 Å². The summed E-state index contributed by atoms with van der Waals surface area (Å²) in [6.45, 7) is 5.25. The van der Waals surface area contributed by atoms with Gasteiger partial charge in [0.25, 0.3) is 0 Å². The van der Waals surface area contributed by atoms with Crippen LogP contribution in [0.4, 0.5) is 4.79 Å². The number of hydrogen-bond acceptors (Lipinski definition) is 3. The van der Waals surface area contributed by atoms with E-state index in [0.29, 0.717) is 6.54 Å². The van der Waals surface area contributed by atoms with Gasteiger partial charge in [0.2, 0.25) is 0 Å². The van der Waals surface area contributed by atoms with Crippen LogP contribution in [0.1, 0.15) is 27.2 Å². The molecule has 0 aromatic carbocycles. The van der Waals surface area contributed by atoms with E-state index in [1.807, 2.05) is 11.8 Å². The number of nitrogens with one attached hydrogen (secondary N) is 1. The third-order valence-electron chi connectivity index (χ3n) is 3.02. The highest BCUT2D eigenvalue weighted by atomic mass is 32.2. The molecule has 2 N–H and O–H groups in total. The highest BCUT2D eigenvalue weighted by Gasteiger charge is 2.37. The van der Waals surface area contributed by atoms with Crippen LogP contribution in [0.2, 0.25) is 0 Å². The van der Waals surface area contributed by atoms with Gasteiger partial charge in [-0.25, -0.2) is 9.59 Å². The molecule has 98 valence electrons. The monoisotopic (exact) mass is 260 g/mol. The quantitative estimate of drug-likeness (QED) is 0.801. The summed E-state index contributed by atoms with van der Waals surface area (Å²) in [5, 5.41) is 12.0. The summed E-state index contributed by atoms with van der Waals surface area (Å²) >= 11 is 1.81. The van der Waals surface area contributed by atoms with Crippen molar-refractivity contribution in [1.82, 2.24) is 10.2 Å². The Hall–Kier alpha value is -0.910. The molecule has 0 aromatic rings. The second-order valence-corrected chi connectivity index (χ2v) is 5.77. The van der Waals surface area contributed by atoms with Crippen LogP contribution in [-0.2, 0) is 4.79 Å². The first kappa shape index (κ1) is 14.2. The van der Waals surface area contributed by atoms with Gasteiger partial charge in [-0.2, -0.15) is 11.8 Å². The number of urea groups is 1. The van der Waals surface area contributed by atoms with Crippen LogP contribution < -0.4 is 5.32 Å². The van der Waals surface area contributed by atoms with Crippen LogP contribution in [-0.4, -0.2) is 51.6 Å². The number of carbonyl (C=O) groups is 2. The van der Waals surface area contributed by atoms with Gasteiger partial charge in [0.05, 0.1) is 0 Å². The predicted octanol–water partition coefficient (Wildman–Crippen LogP) is 1.39. The molecule has 0 aliphatic carbocycles. The van der Waals surface area contributed by atoms with Crippen LogP contribution in [0.5, 0.6) is 0 Å². The fraction of sp³-hybridized carbons (Fsp3) is 0.818. The Morgan fingerprint density at radius 3 is 2.59 bits per heavy atom. The van der Waals surface area contributed by atoms with E-state index in [4.69, 9.17) is 5.11 Å². The number of carboxylic acids is 1. The summed E-state index contributed by atoms with van der Waals surface area (Å²) < 4.78 is 0. The Morgan fingerprint density at radius 2 is 2.18 bits per heavy atom. The Kier molecular flexibility index (Phi) is 4.68. The van der Waals surface area contributed by atoms with Crippen LogP contribution in [0.15, 0.2) is 0 Å². The second-order valence-electron chi connectivity index (χ2n) is 4.62. The zero-order valence-electron chi connectivity index (χ0n) is 10.5. The molecule has 1 heterocycles. The van der Waals surface area contributed by atoms with Crippen molar-refractivity contribution in [2.24, 2.45) is 0 Å². The summed E-state index contributed by atoms with van der Waals surface area (Å²) in [7, 11) is 0. The number of amides is 2. The summed E-state index contributed by atoms with van der Waals surface area (Å²) in [4.78, 5) is 24.5. The minimum atomic E-state index is -1.18. The van der Waals surface area contributed by atoms with Crippen LogP contribution in [0.3, 0.4) is 0 Å². The van der Waals surface area contributed by atoms with Crippen molar-refractivity contribution in [2.45, 2.75) is 38.8 Å². The molecule has 1 rings (SSSR count). The van der Waals surface area contributed by atoms with E-state index in [1.165, 1.54) is 4.90 Å². The van der Waals surface area contributed by atoms with E-state index in [2.05, 4.69) is 5.32 Å². The number of rotatable bonds is 4. The maximum atomic E-state index is 12.0. The van der Waals surface area contributed by atoms with Crippen LogP contribution in [0, 0.1) is 0 Å². The standard InChI is InChI=1S/C11H20N2O3S/c1-4-13(11(2,3)9(14)15)10(16)12-8-5-6-17-7-8/h8H,4-7H2,1-3H3,(H,12,16)(H,14,15). The maximum absolute atomic E-state index is 12.0. The average molecular weight is 260 g/mol. The van der Waals surface area contributed by atoms with Gasteiger partial charge >= 0.3 is 12.0 Å². The second kappa shape index (κ2) is 5.62. The lowest BCUT2D eigenvalue weighted by Gasteiger charge is -2.34. The Labute approximate surface area is 106 Å². The highest BCUT2D eigenvalue weighted by molar-refractivity contribution is 7.99.